The summed E-state index contributed by atoms with van der Waals surface area (Å²) >= 11 is 0. The zero-order valence-corrected chi connectivity index (χ0v) is 23.7. The number of carbonyl (C=O) groups excluding carboxylic acids is 2. The molecule has 3 atom stereocenters. The monoisotopic (exact) mass is 548 g/mol. The number of imide groups is 1. The van der Waals surface area contributed by atoms with Gasteiger partial charge >= 0.3 is 6.03 Å². The van der Waals surface area contributed by atoms with E-state index >= 15 is 0 Å². The van der Waals surface area contributed by atoms with Gasteiger partial charge in [0.25, 0.3) is 0 Å². The molecule has 0 radical (unpaired) electrons. The molecule has 3 amide bonds. The Hall–Kier alpha value is -4.24. The van der Waals surface area contributed by atoms with Crippen LogP contribution >= 0.6 is 0 Å². The normalized spacial score (nSPS) is 17.5. The van der Waals surface area contributed by atoms with E-state index in [0.717, 1.165) is 11.1 Å². The Kier molecular flexibility index (Phi) is 9.16. The smallest absolute Gasteiger partial charge is 0.327 e. The van der Waals surface area contributed by atoms with Crippen molar-refractivity contribution in [2.24, 2.45) is 0 Å². The van der Waals surface area contributed by atoms with E-state index < -0.39 is 12.0 Å². The Morgan fingerprint density at radius 3 is 2.15 bits per heavy atom. The van der Waals surface area contributed by atoms with Gasteiger partial charge in [-0.3, -0.25) is 9.69 Å². The van der Waals surface area contributed by atoms with Crippen molar-refractivity contribution in [2.45, 2.75) is 31.3 Å². The number of hydrogen-bond acceptors (Lipinski definition) is 7. The van der Waals surface area contributed by atoms with Crippen molar-refractivity contribution in [3.05, 3.63) is 83.4 Å². The summed E-state index contributed by atoms with van der Waals surface area (Å²) in [5, 5.41) is 0. The molecule has 1 aliphatic rings. The van der Waals surface area contributed by atoms with Crippen LogP contribution in [0.1, 0.15) is 35.6 Å². The molecule has 0 bridgehead atoms. The molecule has 3 aromatic carbocycles. The number of carbonyl (C=O) groups is 2. The first-order valence-electron chi connectivity index (χ1n) is 13.0. The van der Waals surface area contributed by atoms with E-state index in [9.17, 15) is 9.59 Å². The number of urea groups is 1. The molecule has 0 aliphatic carbocycles. The van der Waals surface area contributed by atoms with Crippen molar-refractivity contribution in [2.75, 3.05) is 42.3 Å². The molecule has 1 heterocycles. The molecule has 1 aliphatic heterocycles. The molecule has 4 rings (SSSR count). The fourth-order valence-electron chi connectivity index (χ4n) is 5.11. The minimum absolute atomic E-state index is 0.0215. The number of hydrogen-bond donors (Lipinski definition) is 0. The number of rotatable bonds is 11. The summed E-state index contributed by atoms with van der Waals surface area (Å²) in [6, 6.07) is 19.3. The Bertz CT molecular complexity index is 1330. The van der Waals surface area contributed by atoms with Crippen molar-refractivity contribution in [1.29, 1.82) is 0 Å². The Morgan fingerprint density at radius 1 is 0.875 bits per heavy atom. The van der Waals surface area contributed by atoms with Crippen LogP contribution in [0.4, 0.5) is 4.79 Å². The van der Waals surface area contributed by atoms with Crippen LogP contribution in [0.3, 0.4) is 0 Å². The second-order valence-corrected chi connectivity index (χ2v) is 9.59. The molecule has 212 valence electrons. The maximum Gasteiger partial charge on any atom is 0.327 e. The van der Waals surface area contributed by atoms with E-state index in [1.54, 1.807) is 51.5 Å². The third-order valence-electron chi connectivity index (χ3n) is 7.38. The molecular weight excluding hydrogens is 512 g/mol. The highest BCUT2D eigenvalue weighted by atomic mass is 16.7. The SMILES string of the molecule is COCOc1cc(OC)ccc1C[C@H](C(=O)N1C(=O)N(C)[C@H](C)[C@@H]1c1ccccc1)c1ccc(OC)cc1OC. The minimum Gasteiger partial charge on any atom is -0.497 e. The van der Waals surface area contributed by atoms with Crippen molar-refractivity contribution in [3.8, 4) is 23.0 Å². The number of likely N-dealkylation sites (N-methyl/N-ethyl adjacent to an activating group) is 1. The van der Waals surface area contributed by atoms with Gasteiger partial charge in [-0.15, -0.1) is 0 Å². The first kappa shape index (κ1) is 28.8. The molecule has 0 spiro atoms. The number of nitrogens with zero attached hydrogens (tertiary/aromatic N) is 2. The highest BCUT2D eigenvalue weighted by Crippen LogP contribution is 2.41. The minimum atomic E-state index is -0.784. The summed E-state index contributed by atoms with van der Waals surface area (Å²) in [6.07, 6.45) is 0.230. The Labute approximate surface area is 235 Å². The van der Waals surface area contributed by atoms with E-state index in [0.29, 0.717) is 28.6 Å². The zero-order chi connectivity index (χ0) is 28.8. The zero-order valence-electron chi connectivity index (χ0n) is 23.7. The maximum absolute atomic E-state index is 14.6. The molecule has 0 N–H and O–H groups in total. The molecule has 1 fully saturated rings. The summed E-state index contributed by atoms with van der Waals surface area (Å²) in [5.41, 5.74) is 2.26. The van der Waals surface area contributed by atoms with Gasteiger partial charge in [-0.25, -0.2) is 4.79 Å². The number of amides is 3. The first-order chi connectivity index (χ1) is 19.3. The topological polar surface area (TPSA) is 86.8 Å². The van der Waals surface area contributed by atoms with E-state index in [1.165, 1.54) is 12.0 Å². The van der Waals surface area contributed by atoms with Crippen LogP contribution < -0.4 is 18.9 Å². The maximum atomic E-state index is 14.6. The van der Waals surface area contributed by atoms with E-state index in [-0.39, 0.29) is 31.2 Å². The fraction of sp³-hybridized carbons (Fsp3) is 0.355. The van der Waals surface area contributed by atoms with Crippen LogP contribution in [0.15, 0.2) is 66.7 Å². The van der Waals surface area contributed by atoms with Crippen LogP contribution in [0.5, 0.6) is 23.0 Å². The van der Waals surface area contributed by atoms with E-state index in [2.05, 4.69) is 0 Å². The summed E-state index contributed by atoms with van der Waals surface area (Å²) in [7, 11) is 7.94. The summed E-state index contributed by atoms with van der Waals surface area (Å²) in [5.74, 6) is 1.07. The van der Waals surface area contributed by atoms with E-state index in [4.69, 9.17) is 23.7 Å². The predicted molar refractivity (Wildman–Crippen MR) is 150 cm³/mol. The molecule has 3 aromatic rings. The lowest BCUT2D eigenvalue weighted by Crippen LogP contribution is -2.40. The predicted octanol–water partition coefficient (Wildman–Crippen LogP) is 5.05. The van der Waals surface area contributed by atoms with Crippen LogP contribution in [0.25, 0.3) is 0 Å². The van der Waals surface area contributed by atoms with Crippen LogP contribution in [0, 0.1) is 0 Å². The van der Waals surface area contributed by atoms with Crippen molar-refractivity contribution in [1.82, 2.24) is 9.80 Å². The van der Waals surface area contributed by atoms with Crippen LogP contribution in [-0.2, 0) is 16.0 Å². The number of benzene rings is 3. The van der Waals surface area contributed by atoms with Gasteiger partial charge in [0, 0.05) is 31.9 Å². The molecule has 0 aromatic heterocycles. The molecule has 9 nitrogen and oxygen atoms in total. The quantitative estimate of drug-likeness (QED) is 0.310. The number of ether oxygens (including phenoxy) is 5. The molecule has 40 heavy (non-hydrogen) atoms. The van der Waals surface area contributed by atoms with Crippen molar-refractivity contribution >= 4 is 11.9 Å². The first-order valence-corrected chi connectivity index (χ1v) is 13.0. The third kappa shape index (κ3) is 5.70. The second kappa shape index (κ2) is 12.7. The van der Waals surface area contributed by atoms with E-state index in [1.807, 2.05) is 55.5 Å². The Balaban J connectivity index is 1.84. The van der Waals surface area contributed by atoms with Gasteiger partial charge in [0.05, 0.1) is 39.3 Å². The summed E-state index contributed by atoms with van der Waals surface area (Å²) < 4.78 is 27.5. The highest BCUT2D eigenvalue weighted by molar-refractivity contribution is 6.00. The van der Waals surface area contributed by atoms with Gasteiger partial charge in [-0.2, -0.15) is 0 Å². The lowest BCUT2D eigenvalue weighted by Gasteiger charge is -2.29. The second-order valence-electron chi connectivity index (χ2n) is 9.59. The van der Waals surface area contributed by atoms with Gasteiger partial charge < -0.3 is 28.6 Å². The average Bonchev–Trinajstić information content (AvgIpc) is 3.22. The molecular formula is C31H36N2O7. The number of methoxy groups -OCH3 is 4. The summed E-state index contributed by atoms with van der Waals surface area (Å²) in [4.78, 5) is 31.2. The molecule has 1 saturated heterocycles. The van der Waals surface area contributed by atoms with Gasteiger partial charge in [-0.1, -0.05) is 42.5 Å². The standard InChI is InChI=1S/C31H36N2O7/c1-20-29(21-10-8-7-9-11-21)33(31(35)32(20)2)30(34)26(25-15-14-24(38-5)18-28(25)39-6)16-22-12-13-23(37-4)17-27(22)40-19-36-3/h7-15,17-18,20,26,29H,16,19H2,1-6H3/t20-,26+,29-/m1/s1. The molecule has 0 unspecified atom stereocenters. The van der Waals surface area contributed by atoms with Crippen LogP contribution in [-0.4, -0.2) is 70.1 Å². The van der Waals surface area contributed by atoms with Gasteiger partial charge in [0.2, 0.25) is 5.91 Å². The van der Waals surface area contributed by atoms with Crippen molar-refractivity contribution in [3.63, 3.8) is 0 Å². The average molecular weight is 549 g/mol. The highest BCUT2D eigenvalue weighted by Gasteiger charge is 2.48. The molecule has 0 saturated carbocycles. The van der Waals surface area contributed by atoms with Gasteiger partial charge in [-0.05, 0) is 36.6 Å². The summed E-state index contributed by atoms with van der Waals surface area (Å²) in [6.45, 7) is 1.97. The Morgan fingerprint density at radius 2 is 1.52 bits per heavy atom. The largest absolute Gasteiger partial charge is 0.497 e. The lowest BCUT2D eigenvalue weighted by molar-refractivity contribution is -0.131. The lowest BCUT2D eigenvalue weighted by atomic mass is 9.88. The third-order valence-corrected chi connectivity index (χ3v) is 7.38. The van der Waals surface area contributed by atoms with Crippen molar-refractivity contribution < 1.29 is 33.3 Å². The fourth-order valence-corrected chi connectivity index (χ4v) is 5.11. The van der Waals surface area contributed by atoms with Gasteiger partial charge in [0.1, 0.15) is 23.0 Å². The molecule has 9 heteroatoms. The van der Waals surface area contributed by atoms with Gasteiger partial charge in [0.15, 0.2) is 6.79 Å². The van der Waals surface area contributed by atoms with Crippen LogP contribution in [0.2, 0.25) is 0 Å².